The zero-order chi connectivity index (χ0) is 22.9. The van der Waals surface area contributed by atoms with Gasteiger partial charge in [-0.05, 0) is 0 Å². The third-order valence-corrected chi connectivity index (χ3v) is 7.10. The number of hydrogen-bond acceptors (Lipinski definition) is 13. The van der Waals surface area contributed by atoms with Gasteiger partial charge in [0, 0.05) is 24.9 Å². The van der Waals surface area contributed by atoms with E-state index in [4.69, 9.17) is 29.5 Å². The Bertz CT molecular complexity index is 1110. The van der Waals surface area contributed by atoms with Gasteiger partial charge in [-0.2, -0.15) is 4.98 Å². The molecule has 17 nitrogen and oxygen atoms in total. The van der Waals surface area contributed by atoms with Gasteiger partial charge in [-0.3, -0.25) is 19.2 Å². The van der Waals surface area contributed by atoms with Gasteiger partial charge in [0.1, 0.15) is 24.9 Å². The van der Waals surface area contributed by atoms with Crippen molar-refractivity contribution >= 4 is 41.4 Å². The zero-order valence-electron chi connectivity index (χ0n) is 15.4. The molecule has 2 aromatic heterocycles. The zero-order valence-corrected chi connectivity index (χ0v) is 18.1. The second-order valence-electron chi connectivity index (χ2n) is 5.92. The van der Waals surface area contributed by atoms with Gasteiger partial charge in [-0.1, -0.05) is 0 Å². The van der Waals surface area contributed by atoms with Gasteiger partial charge in [-0.25, -0.2) is 9.55 Å². The van der Waals surface area contributed by atoms with Crippen LogP contribution in [0.1, 0.15) is 6.23 Å². The Labute approximate surface area is 173 Å². The van der Waals surface area contributed by atoms with E-state index in [2.05, 4.69) is 23.6 Å². The van der Waals surface area contributed by atoms with E-state index in [1.54, 1.807) is 0 Å². The number of methoxy groups -OCH3 is 1. The van der Waals surface area contributed by atoms with Crippen molar-refractivity contribution in [3.8, 4) is 0 Å². The van der Waals surface area contributed by atoms with Crippen molar-refractivity contribution in [1.29, 1.82) is 0 Å². The number of aromatic amines is 1. The molecular formula is C11H16N5O12P3+2. The Kier molecular flexibility index (Phi) is 7.25. The van der Waals surface area contributed by atoms with E-state index in [-0.39, 0.29) is 17.1 Å². The maximum absolute atomic E-state index is 11.9. The van der Waals surface area contributed by atoms with Crippen molar-refractivity contribution in [3.63, 3.8) is 0 Å². The maximum Gasteiger partial charge on any atom is 0.708 e. The molecule has 3 rings (SSSR count). The summed E-state index contributed by atoms with van der Waals surface area (Å²) >= 11 is 0. The molecule has 0 aliphatic carbocycles. The predicted molar refractivity (Wildman–Crippen MR) is 98.7 cm³/mol. The van der Waals surface area contributed by atoms with Crippen LogP contribution in [-0.2, 0) is 36.3 Å². The average molecular weight is 503 g/mol. The van der Waals surface area contributed by atoms with Crippen molar-refractivity contribution in [2.45, 2.75) is 24.5 Å². The fourth-order valence-corrected chi connectivity index (χ4v) is 5.07. The van der Waals surface area contributed by atoms with Crippen LogP contribution in [-0.4, -0.2) is 66.4 Å². The third-order valence-electron chi connectivity index (χ3n) is 3.99. The lowest BCUT2D eigenvalue weighted by molar-refractivity contribution is -0.0495. The quantitative estimate of drug-likeness (QED) is 0.269. The first-order chi connectivity index (χ1) is 14.5. The number of aromatic nitrogens is 4. The normalized spacial score (nSPS) is 26.7. The Morgan fingerprint density at radius 1 is 1.42 bits per heavy atom. The highest BCUT2D eigenvalue weighted by Gasteiger charge is 2.49. The first-order valence-electron chi connectivity index (χ1n) is 8.09. The van der Waals surface area contributed by atoms with Crippen molar-refractivity contribution in [3.05, 3.63) is 16.7 Å². The summed E-state index contributed by atoms with van der Waals surface area (Å²) in [6, 6.07) is 0. The average Bonchev–Trinajstić information content (AvgIpc) is 3.18. The molecule has 0 bridgehead atoms. The van der Waals surface area contributed by atoms with Crippen LogP contribution < -0.4 is 11.3 Å². The summed E-state index contributed by atoms with van der Waals surface area (Å²) in [4.78, 5) is 39.7. The van der Waals surface area contributed by atoms with Crippen molar-refractivity contribution in [1.82, 2.24) is 19.5 Å². The fourth-order valence-electron chi connectivity index (χ4n) is 2.85. The van der Waals surface area contributed by atoms with E-state index in [9.17, 15) is 23.6 Å². The van der Waals surface area contributed by atoms with E-state index >= 15 is 0 Å². The molecule has 7 atom stereocenters. The highest BCUT2D eigenvalue weighted by molar-refractivity contribution is 7.61. The van der Waals surface area contributed by atoms with E-state index in [1.807, 2.05) is 0 Å². The summed E-state index contributed by atoms with van der Waals surface area (Å²) in [6.07, 6.45) is -3.41. The first kappa shape index (κ1) is 23.9. The van der Waals surface area contributed by atoms with Crippen LogP contribution in [0.3, 0.4) is 0 Å². The van der Waals surface area contributed by atoms with E-state index in [0.717, 1.165) is 0 Å². The lowest BCUT2D eigenvalue weighted by atomic mass is 10.1. The minimum absolute atomic E-state index is 0.0209. The Morgan fingerprint density at radius 3 is 2.77 bits per heavy atom. The number of aliphatic hydroxyl groups is 1. The highest BCUT2D eigenvalue weighted by atomic mass is 31.3. The Hall–Kier alpha value is -1.74. The van der Waals surface area contributed by atoms with Crippen LogP contribution in [0.25, 0.3) is 11.2 Å². The molecule has 31 heavy (non-hydrogen) atoms. The molecule has 1 aliphatic heterocycles. The largest absolute Gasteiger partial charge is 0.708 e. The van der Waals surface area contributed by atoms with Crippen molar-refractivity contribution < 1.29 is 51.2 Å². The van der Waals surface area contributed by atoms with Crippen LogP contribution in [0, 0.1) is 0 Å². The van der Waals surface area contributed by atoms with Crippen molar-refractivity contribution in [2.24, 2.45) is 0 Å². The summed E-state index contributed by atoms with van der Waals surface area (Å²) < 4.78 is 58.1. The molecule has 0 saturated carbocycles. The number of nitrogens with zero attached hydrogens (tertiary/aromatic N) is 3. The SMILES string of the molecule is CO[C@H]1[C@@H](O)[C@H](n2cnc3c(=O)[nH]c(N)nc32)O[C@@H]1CO[P+](=O)OP(=O)(O)O[P+](=O)O. The van der Waals surface area contributed by atoms with Crippen LogP contribution in [0.5, 0.6) is 0 Å². The minimum atomic E-state index is -5.12. The maximum atomic E-state index is 11.9. The molecule has 2 aromatic rings. The standard InChI is InChI=1S/C11H14N5O12P3/c1-24-7-4(2-25-30(21)28-31(22,23)27-29(19)20)26-10(6(7)17)16-3-13-5-8(16)14-11(12)15-9(5)18/h3-4,6-7,10,17H,2H2,1H3,(H3-2,12,14,15,18,19,20,22,23)/p+2/t4-,6-,7-,10-/m1/s1. The molecule has 0 spiro atoms. The summed E-state index contributed by atoms with van der Waals surface area (Å²) in [5.74, 6) is -0.190. The summed E-state index contributed by atoms with van der Waals surface area (Å²) in [5.41, 5.74) is 4.89. The first-order valence-corrected chi connectivity index (χ1v) is 11.8. The number of ether oxygens (including phenoxy) is 2. The van der Waals surface area contributed by atoms with Crippen LogP contribution in [0.15, 0.2) is 11.1 Å². The molecule has 20 heteroatoms. The number of rotatable bonds is 9. The number of aliphatic hydroxyl groups excluding tert-OH is 1. The second kappa shape index (κ2) is 9.40. The molecule has 1 saturated heterocycles. The number of hydrogen-bond donors (Lipinski definition) is 5. The monoisotopic (exact) mass is 503 g/mol. The van der Waals surface area contributed by atoms with Gasteiger partial charge >= 0.3 is 24.3 Å². The molecule has 0 amide bonds. The molecule has 170 valence electrons. The van der Waals surface area contributed by atoms with Crippen LogP contribution in [0.4, 0.5) is 5.95 Å². The second-order valence-corrected chi connectivity index (χ2v) is 9.34. The van der Waals surface area contributed by atoms with Gasteiger partial charge < -0.3 is 20.3 Å². The minimum Gasteiger partial charge on any atom is -0.386 e. The molecule has 6 N–H and O–H groups in total. The Balaban J connectivity index is 1.73. The molecule has 1 aliphatic rings. The summed E-state index contributed by atoms with van der Waals surface area (Å²) in [5, 5.41) is 10.6. The number of nitrogen functional groups attached to an aromatic ring is 1. The van der Waals surface area contributed by atoms with Crippen LogP contribution in [0.2, 0.25) is 0 Å². The van der Waals surface area contributed by atoms with Crippen molar-refractivity contribution in [2.75, 3.05) is 19.5 Å². The molecular weight excluding hydrogens is 487 g/mol. The highest BCUT2D eigenvalue weighted by Crippen LogP contribution is 2.57. The number of anilines is 1. The number of imidazole rings is 1. The lowest BCUT2D eigenvalue weighted by Gasteiger charge is -2.17. The lowest BCUT2D eigenvalue weighted by Crippen LogP contribution is -2.35. The van der Waals surface area contributed by atoms with Gasteiger partial charge in [0.15, 0.2) is 17.4 Å². The van der Waals surface area contributed by atoms with Gasteiger partial charge in [0.05, 0.1) is 6.33 Å². The number of phosphoric acid groups is 1. The molecule has 0 radical (unpaired) electrons. The summed E-state index contributed by atoms with van der Waals surface area (Å²) in [6.45, 7) is -0.560. The number of fused-ring (bicyclic) bond motifs is 1. The summed E-state index contributed by atoms with van der Waals surface area (Å²) in [7, 11) is -10.6. The third kappa shape index (κ3) is 5.37. The topological polar surface area (TPSA) is 248 Å². The van der Waals surface area contributed by atoms with Gasteiger partial charge in [0.25, 0.3) is 5.56 Å². The number of nitrogens with one attached hydrogen (secondary N) is 1. The molecule has 0 aromatic carbocycles. The van der Waals surface area contributed by atoms with Gasteiger partial charge in [0.2, 0.25) is 5.95 Å². The van der Waals surface area contributed by atoms with E-state index < -0.39 is 61.0 Å². The molecule has 1 fully saturated rings. The smallest absolute Gasteiger partial charge is 0.386 e. The molecule has 3 heterocycles. The molecule has 3 unspecified atom stereocenters. The van der Waals surface area contributed by atoms with Crippen LogP contribution >= 0.6 is 24.3 Å². The van der Waals surface area contributed by atoms with E-state index in [0.29, 0.717) is 0 Å². The van der Waals surface area contributed by atoms with Gasteiger partial charge in [-0.15, -0.1) is 9.42 Å². The Morgan fingerprint density at radius 2 is 2.13 bits per heavy atom. The fraction of sp³-hybridized carbons (Fsp3) is 0.545. The number of nitrogens with two attached hydrogens (primary N) is 1. The number of H-pyrrole nitrogens is 1. The predicted octanol–water partition coefficient (Wildman–Crippen LogP) is -0.568. The van der Waals surface area contributed by atoms with E-state index in [1.165, 1.54) is 18.0 Å².